The third-order valence-electron chi connectivity index (χ3n) is 2.82. The molecule has 3 aromatic rings. The van der Waals surface area contributed by atoms with Crippen molar-refractivity contribution in [3.05, 3.63) is 68.8 Å². The molecule has 0 fully saturated rings. The van der Waals surface area contributed by atoms with Crippen molar-refractivity contribution in [3.63, 3.8) is 0 Å². The van der Waals surface area contributed by atoms with Gasteiger partial charge in [-0.25, -0.2) is 0 Å². The first-order valence-corrected chi connectivity index (χ1v) is 6.38. The molecule has 19 heavy (non-hydrogen) atoms. The summed E-state index contributed by atoms with van der Waals surface area (Å²) in [4.78, 5) is 12.0. The van der Waals surface area contributed by atoms with Gasteiger partial charge in [0.15, 0.2) is 5.43 Å². The molecule has 2 aromatic carbocycles. The van der Waals surface area contributed by atoms with Gasteiger partial charge in [0.1, 0.15) is 11.3 Å². The second kappa shape index (κ2) is 4.72. The van der Waals surface area contributed by atoms with E-state index in [1.54, 1.807) is 30.3 Å². The standard InChI is InChI=1S/C15H8Cl2O2/c16-10-3-1-9(2-4-10)15-8-13(18)12-7-11(17)5-6-14(12)19-15/h1-8H. The van der Waals surface area contributed by atoms with Crippen LogP contribution in [0.1, 0.15) is 0 Å². The summed E-state index contributed by atoms with van der Waals surface area (Å²) in [6, 6.07) is 13.6. The van der Waals surface area contributed by atoms with E-state index in [9.17, 15) is 4.79 Å². The van der Waals surface area contributed by atoms with Crippen molar-refractivity contribution in [2.45, 2.75) is 0 Å². The van der Waals surface area contributed by atoms with Crippen molar-refractivity contribution in [3.8, 4) is 11.3 Å². The summed E-state index contributed by atoms with van der Waals surface area (Å²) >= 11 is 11.7. The van der Waals surface area contributed by atoms with Crippen molar-refractivity contribution in [2.75, 3.05) is 0 Å². The minimum Gasteiger partial charge on any atom is -0.456 e. The Morgan fingerprint density at radius 3 is 2.26 bits per heavy atom. The Labute approximate surface area is 119 Å². The van der Waals surface area contributed by atoms with Gasteiger partial charge in [-0.1, -0.05) is 23.2 Å². The molecular weight excluding hydrogens is 283 g/mol. The van der Waals surface area contributed by atoms with Crippen LogP contribution < -0.4 is 5.43 Å². The number of rotatable bonds is 1. The minimum absolute atomic E-state index is 0.117. The molecule has 4 heteroatoms. The first-order chi connectivity index (χ1) is 9.13. The van der Waals surface area contributed by atoms with E-state index >= 15 is 0 Å². The maximum atomic E-state index is 12.0. The van der Waals surface area contributed by atoms with Crippen LogP contribution >= 0.6 is 23.2 Å². The van der Waals surface area contributed by atoms with E-state index in [2.05, 4.69) is 0 Å². The van der Waals surface area contributed by atoms with E-state index in [0.717, 1.165) is 5.56 Å². The molecule has 0 aliphatic heterocycles. The van der Waals surface area contributed by atoms with E-state index in [1.807, 2.05) is 12.1 Å². The Morgan fingerprint density at radius 2 is 1.53 bits per heavy atom. The van der Waals surface area contributed by atoms with Crippen LogP contribution in [0, 0.1) is 0 Å². The molecule has 0 aliphatic carbocycles. The van der Waals surface area contributed by atoms with Gasteiger partial charge in [0.2, 0.25) is 0 Å². The lowest BCUT2D eigenvalue weighted by atomic mass is 10.1. The van der Waals surface area contributed by atoms with E-state index in [0.29, 0.717) is 26.8 Å². The van der Waals surface area contributed by atoms with Gasteiger partial charge in [-0.05, 0) is 42.5 Å². The van der Waals surface area contributed by atoms with Crippen LogP contribution in [0.5, 0.6) is 0 Å². The Morgan fingerprint density at radius 1 is 0.842 bits per heavy atom. The van der Waals surface area contributed by atoms with Crippen LogP contribution in [0.15, 0.2) is 57.7 Å². The molecular formula is C15H8Cl2O2. The second-order valence-electron chi connectivity index (χ2n) is 4.12. The van der Waals surface area contributed by atoms with Gasteiger partial charge in [0, 0.05) is 21.7 Å². The Kier molecular flexibility index (Phi) is 3.05. The molecule has 0 amide bonds. The smallest absolute Gasteiger partial charge is 0.193 e. The highest BCUT2D eigenvalue weighted by atomic mass is 35.5. The summed E-state index contributed by atoms with van der Waals surface area (Å²) in [5.41, 5.74) is 1.20. The third-order valence-corrected chi connectivity index (χ3v) is 3.30. The molecule has 3 rings (SSSR count). The molecule has 0 N–H and O–H groups in total. The molecule has 0 radical (unpaired) electrons. The second-order valence-corrected chi connectivity index (χ2v) is 5.00. The number of benzene rings is 2. The van der Waals surface area contributed by atoms with E-state index in [1.165, 1.54) is 6.07 Å². The zero-order valence-electron chi connectivity index (χ0n) is 9.69. The van der Waals surface area contributed by atoms with E-state index < -0.39 is 0 Å². The molecule has 0 spiro atoms. The van der Waals surface area contributed by atoms with Crippen LogP contribution in [0.3, 0.4) is 0 Å². The van der Waals surface area contributed by atoms with Gasteiger partial charge in [0.25, 0.3) is 0 Å². The zero-order valence-corrected chi connectivity index (χ0v) is 11.2. The average molecular weight is 291 g/mol. The SMILES string of the molecule is O=c1cc(-c2ccc(Cl)cc2)oc2ccc(Cl)cc12. The molecule has 0 bridgehead atoms. The van der Waals surface area contributed by atoms with Gasteiger partial charge in [-0.3, -0.25) is 4.79 Å². The highest BCUT2D eigenvalue weighted by Crippen LogP contribution is 2.24. The summed E-state index contributed by atoms with van der Waals surface area (Å²) in [6.45, 7) is 0. The summed E-state index contributed by atoms with van der Waals surface area (Å²) in [5.74, 6) is 0.511. The largest absolute Gasteiger partial charge is 0.456 e. The first-order valence-electron chi connectivity index (χ1n) is 5.63. The monoisotopic (exact) mass is 290 g/mol. The maximum absolute atomic E-state index is 12.0. The third kappa shape index (κ3) is 2.37. The molecule has 0 unspecified atom stereocenters. The van der Waals surface area contributed by atoms with Gasteiger partial charge in [-0.15, -0.1) is 0 Å². The number of hydrogen-bond donors (Lipinski definition) is 0. The van der Waals surface area contributed by atoms with Crippen molar-refractivity contribution in [1.82, 2.24) is 0 Å². The van der Waals surface area contributed by atoms with Crippen molar-refractivity contribution < 1.29 is 4.42 Å². The van der Waals surface area contributed by atoms with Gasteiger partial charge >= 0.3 is 0 Å². The first kappa shape index (κ1) is 12.3. The van der Waals surface area contributed by atoms with Gasteiger partial charge < -0.3 is 4.42 Å². The summed E-state index contributed by atoms with van der Waals surface area (Å²) in [6.07, 6.45) is 0. The lowest BCUT2D eigenvalue weighted by Crippen LogP contribution is -2.00. The fraction of sp³-hybridized carbons (Fsp3) is 0. The highest BCUT2D eigenvalue weighted by molar-refractivity contribution is 6.31. The normalized spacial score (nSPS) is 10.8. The minimum atomic E-state index is -0.117. The Hall–Kier alpha value is -1.77. The predicted molar refractivity (Wildman–Crippen MR) is 77.9 cm³/mol. The Balaban J connectivity index is 2.24. The van der Waals surface area contributed by atoms with Crippen molar-refractivity contribution >= 4 is 34.2 Å². The molecule has 0 atom stereocenters. The molecule has 0 saturated carbocycles. The highest BCUT2D eigenvalue weighted by Gasteiger charge is 2.07. The molecule has 94 valence electrons. The summed E-state index contributed by atoms with van der Waals surface area (Å²) in [5, 5.41) is 1.63. The van der Waals surface area contributed by atoms with Crippen LogP contribution in [-0.2, 0) is 0 Å². The lowest BCUT2D eigenvalue weighted by molar-refractivity contribution is 0.619. The fourth-order valence-corrected chi connectivity index (χ4v) is 2.18. The maximum Gasteiger partial charge on any atom is 0.193 e. The predicted octanol–water partition coefficient (Wildman–Crippen LogP) is 4.77. The molecule has 0 saturated heterocycles. The van der Waals surface area contributed by atoms with Crippen LogP contribution in [0.25, 0.3) is 22.3 Å². The molecule has 1 aromatic heterocycles. The Bertz CT molecular complexity index is 804. The molecule has 1 heterocycles. The van der Waals surface area contributed by atoms with Gasteiger partial charge in [-0.2, -0.15) is 0 Å². The quantitative estimate of drug-likeness (QED) is 0.646. The van der Waals surface area contributed by atoms with E-state index in [4.69, 9.17) is 27.6 Å². The number of halogens is 2. The number of fused-ring (bicyclic) bond motifs is 1. The van der Waals surface area contributed by atoms with Crippen molar-refractivity contribution in [1.29, 1.82) is 0 Å². The summed E-state index contributed by atoms with van der Waals surface area (Å²) in [7, 11) is 0. The van der Waals surface area contributed by atoms with Crippen LogP contribution in [0.2, 0.25) is 10.0 Å². The molecule has 2 nitrogen and oxygen atoms in total. The molecule has 0 aliphatic rings. The summed E-state index contributed by atoms with van der Waals surface area (Å²) < 4.78 is 5.72. The fourth-order valence-electron chi connectivity index (χ4n) is 1.88. The van der Waals surface area contributed by atoms with E-state index in [-0.39, 0.29) is 5.43 Å². The lowest BCUT2D eigenvalue weighted by Gasteiger charge is -2.03. The number of hydrogen-bond acceptors (Lipinski definition) is 2. The van der Waals surface area contributed by atoms with Crippen LogP contribution in [-0.4, -0.2) is 0 Å². The van der Waals surface area contributed by atoms with Crippen LogP contribution in [0.4, 0.5) is 0 Å². The zero-order chi connectivity index (χ0) is 13.4. The van der Waals surface area contributed by atoms with Gasteiger partial charge in [0.05, 0.1) is 5.39 Å². The average Bonchev–Trinajstić information content (AvgIpc) is 2.40. The topological polar surface area (TPSA) is 30.2 Å². The van der Waals surface area contributed by atoms with Crippen molar-refractivity contribution in [2.24, 2.45) is 0 Å².